The molecule has 0 aromatic rings. The van der Waals surface area contributed by atoms with E-state index in [0.717, 1.165) is 96.3 Å². The number of rotatable bonds is 63. The van der Waals surface area contributed by atoms with E-state index in [2.05, 4.69) is 27.7 Å². The molecule has 2 unspecified atom stereocenters. The normalized spacial score (nSPS) is 14.2. The zero-order chi connectivity index (χ0) is 59.8. The first-order valence-corrected chi connectivity index (χ1v) is 35.8. The first kappa shape index (κ1) is 79.1. The van der Waals surface area contributed by atoms with Gasteiger partial charge in [-0.3, -0.25) is 37.3 Å². The summed E-state index contributed by atoms with van der Waals surface area (Å²) in [6, 6.07) is 0. The molecular formula is C62H120O17P2. The average molecular weight is 1200 g/mol. The summed E-state index contributed by atoms with van der Waals surface area (Å²) < 4.78 is 67.8. The monoisotopic (exact) mass is 1200 g/mol. The third-order valence-electron chi connectivity index (χ3n) is 14.4. The second-order valence-corrected chi connectivity index (χ2v) is 25.4. The molecule has 0 saturated carbocycles. The smallest absolute Gasteiger partial charge is 0.462 e. The molecule has 0 saturated heterocycles. The summed E-state index contributed by atoms with van der Waals surface area (Å²) in [6.45, 7) is 4.82. The highest BCUT2D eigenvalue weighted by atomic mass is 31.2. The molecule has 81 heavy (non-hydrogen) atoms. The average Bonchev–Trinajstić information content (AvgIpc) is 3.44. The van der Waals surface area contributed by atoms with Gasteiger partial charge in [-0.2, -0.15) is 0 Å². The quantitative estimate of drug-likeness (QED) is 0.0222. The molecule has 0 spiro atoms. The van der Waals surface area contributed by atoms with Crippen molar-refractivity contribution in [2.45, 2.75) is 335 Å². The molecule has 0 rings (SSSR count). The molecule has 5 atom stereocenters. The van der Waals surface area contributed by atoms with Crippen molar-refractivity contribution in [3.63, 3.8) is 0 Å². The number of hydrogen-bond acceptors (Lipinski definition) is 15. The van der Waals surface area contributed by atoms with E-state index in [9.17, 15) is 43.2 Å². The zero-order valence-electron chi connectivity index (χ0n) is 51.7. The molecule has 0 heterocycles. The Morgan fingerprint density at radius 2 is 0.494 bits per heavy atom. The van der Waals surface area contributed by atoms with Gasteiger partial charge in [0.1, 0.15) is 19.3 Å². The zero-order valence-corrected chi connectivity index (χ0v) is 53.5. The van der Waals surface area contributed by atoms with E-state index in [1.807, 2.05) is 0 Å². The van der Waals surface area contributed by atoms with Crippen LogP contribution in [0.15, 0.2) is 0 Å². The second kappa shape index (κ2) is 57.2. The molecule has 0 aliphatic heterocycles. The van der Waals surface area contributed by atoms with Gasteiger partial charge in [-0.05, 0) is 25.7 Å². The van der Waals surface area contributed by atoms with Gasteiger partial charge in [-0.25, -0.2) is 9.13 Å². The lowest BCUT2D eigenvalue weighted by Crippen LogP contribution is -2.30. The Balaban J connectivity index is 5.16. The van der Waals surface area contributed by atoms with Crippen LogP contribution < -0.4 is 0 Å². The maximum Gasteiger partial charge on any atom is 0.472 e. The summed E-state index contributed by atoms with van der Waals surface area (Å²) in [7, 11) is -9.87. The Morgan fingerprint density at radius 3 is 0.728 bits per heavy atom. The number of carbonyl (C=O) groups is 4. The van der Waals surface area contributed by atoms with Crippen molar-refractivity contribution in [1.82, 2.24) is 0 Å². The second-order valence-electron chi connectivity index (χ2n) is 22.4. The van der Waals surface area contributed by atoms with E-state index in [4.69, 9.17) is 37.0 Å². The molecule has 0 aromatic heterocycles. The largest absolute Gasteiger partial charge is 0.472 e. The Kier molecular flexibility index (Phi) is 55.8. The third kappa shape index (κ3) is 56.9. The van der Waals surface area contributed by atoms with Gasteiger partial charge in [0.15, 0.2) is 12.2 Å². The molecule has 0 bridgehead atoms. The standard InChI is InChI=1S/C62H120O17P2/c1-5-9-13-17-21-24-27-30-33-36-40-43-47-60(65)72-52-57(78-61(66)48-44-38-20-16-12-8-4)54-76-80(68,69)74-50-56(63)51-75-81(70,71)77-55-58(53-73-59(64)46-42-39-35-32-29-26-23-19-15-11-7-3)79-62(67)49-45-41-37-34-31-28-25-22-18-14-10-6-2/h56-58,63H,5-55H2,1-4H3,(H,68,69)(H,70,71)/t56-,57+,58+/m0/s1. The van der Waals surface area contributed by atoms with Crippen molar-refractivity contribution in [2.24, 2.45) is 0 Å². The molecule has 19 heteroatoms. The summed E-state index contributed by atoms with van der Waals surface area (Å²) in [5.74, 6) is -2.14. The van der Waals surface area contributed by atoms with Crippen LogP contribution in [0.1, 0.15) is 317 Å². The maximum absolute atomic E-state index is 12.9. The Hall–Kier alpha value is -1.94. The van der Waals surface area contributed by atoms with Gasteiger partial charge in [-0.1, -0.05) is 265 Å². The number of esters is 4. The third-order valence-corrected chi connectivity index (χ3v) is 16.3. The molecular weight excluding hydrogens is 1080 g/mol. The molecule has 0 amide bonds. The van der Waals surface area contributed by atoms with Gasteiger partial charge < -0.3 is 33.8 Å². The van der Waals surface area contributed by atoms with Crippen molar-refractivity contribution in [1.29, 1.82) is 0 Å². The summed E-state index contributed by atoms with van der Waals surface area (Å²) in [4.78, 5) is 71.9. The minimum Gasteiger partial charge on any atom is -0.462 e. The number of phosphoric acid groups is 2. The lowest BCUT2D eigenvalue weighted by molar-refractivity contribution is -0.161. The van der Waals surface area contributed by atoms with Crippen molar-refractivity contribution in [2.75, 3.05) is 39.6 Å². The summed E-state index contributed by atoms with van der Waals surface area (Å²) in [6.07, 6.45) is 41.8. The topological polar surface area (TPSA) is 237 Å². The van der Waals surface area contributed by atoms with E-state index in [0.29, 0.717) is 25.7 Å². The van der Waals surface area contributed by atoms with Gasteiger partial charge in [0.05, 0.1) is 26.4 Å². The lowest BCUT2D eigenvalue weighted by Gasteiger charge is -2.21. The molecule has 3 N–H and O–H groups in total. The predicted octanol–water partition coefficient (Wildman–Crippen LogP) is 17.2. The molecule has 0 aromatic carbocycles. The Labute approximate surface area is 492 Å². The van der Waals surface area contributed by atoms with Crippen LogP contribution >= 0.6 is 15.6 Å². The van der Waals surface area contributed by atoms with Gasteiger partial charge in [0.25, 0.3) is 0 Å². The minimum absolute atomic E-state index is 0.103. The predicted molar refractivity (Wildman–Crippen MR) is 322 cm³/mol. The number of unbranched alkanes of at least 4 members (excludes halogenated alkanes) is 37. The van der Waals surface area contributed by atoms with Gasteiger partial charge in [-0.15, -0.1) is 0 Å². The number of phosphoric ester groups is 2. The van der Waals surface area contributed by atoms with Crippen LogP contribution in [0.3, 0.4) is 0 Å². The minimum atomic E-state index is -4.94. The fourth-order valence-corrected chi connectivity index (χ4v) is 10.9. The molecule has 17 nitrogen and oxygen atoms in total. The van der Waals surface area contributed by atoms with Crippen LogP contribution in [0.4, 0.5) is 0 Å². The van der Waals surface area contributed by atoms with Crippen LogP contribution in [0.25, 0.3) is 0 Å². The highest BCUT2D eigenvalue weighted by molar-refractivity contribution is 7.47. The summed E-state index contributed by atoms with van der Waals surface area (Å²) >= 11 is 0. The SMILES string of the molecule is CCCCCCCCCCCCCCC(=O)OC[C@H](COP(=O)(O)OC[C@H](O)COP(=O)(O)OC[C@@H](COC(=O)CCCCCCCCCCCCC)OC(=O)CCCCCCCCCCCCCC)OC(=O)CCCCCCCC. The molecule has 0 aliphatic carbocycles. The van der Waals surface area contributed by atoms with Gasteiger partial charge in [0.2, 0.25) is 0 Å². The van der Waals surface area contributed by atoms with Crippen molar-refractivity contribution >= 4 is 39.5 Å². The van der Waals surface area contributed by atoms with Crippen LogP contribution in [0.2, 0.25) is 0 Å². The summed E-state index contributed by atoms with van der Waals surface area (Å²) in [5.41, 5.74) is 0. The maximum atomic E-state index is 12.9. The first-order chi connectivity index (χ1) is 39.2. The fraction of sp³-hybridized carbons (Fsp3) is 0.935. The number of hydrogen-bond donors (Lipinski definition) is 3. The lowest BCUT2D eigenvalue weighted by atomic mass is 10.0. The van der Waals surface area contributed by atoms with Crippen molar-refractivity contribution in [3.8, 4) is 0 Å². The van der Waals surface area contributed by atoms with Crippen LogP contribution in [0, 0.1) is 0 Å². The van der Waals surface area contributed by atoms with E-state index in [-0.39, 0.29) is 25.7 Å². The van der Waals surface area contributed by atoms with E-state index in [1.165, 1.54) is 141 Å². The Morgan fingerprint density at radius 1 is 0.296 bits per heavy atom. The first-order valence-electron chi connectivity index (χ1n) is 32.8. The van der Waals surface area contributed by atoms with E-state index < -0.39 is 97.5 Å². The number of carbonyl (C=O) groups excluding carboxylic acids is 4. The van der Waals surface area contributed by atoms with Crippen molar-refractivity contribution < 1.29 is 80.2 Å². The van der Waals surface area contributed by atoms with Crippen molar-refractivity contribution in [3.05, 3.63) is 0 Å². The molecule has 480 valence electrons. The molecule has 0 aliphatic rings. The van der Waals surface area contributed by atoms with Crippen LogP contribution in [-0.2, 0) is 65.4 Å². The van der Waals surface area contributed by atoms with E-state index >= 15 is 0 Å². The summed E-state index contributed by atoms with van der Waals surface area (Å²) in [5, 5.41) is 10.5. The highest BCUT2D eigenvalue weighted by Gasteiger charge is 2.30. The van der Waals surface area contributed by atoms with Gasteiger partial charge >= 0.3 is 39.5 Å². The number of ether oxygens (including phenoxy) is 4. The molecule has 0 radical (unpaired) electrons. The van der Waals surface area contributed by atoms with Crippen LogP contribution in [-0.4, -0.2) is 96.7 Å². The number of aliphatic hydroxyl groups excluding tert-OH is 1. The highest BCUT2D eigenvalue weighted by Crippen LogP contribution is 2.45. The molecule has 0 fully saturated rings. The van der Waals surface area contributed by atoms with Crippen LogP contribution in [0.5, 0.6) is 0 Å². The van der Waals surface area contributed by atoms with E-state index in [1.54, 1.807) is 0 Å². The fourth-order valence-electron chi connectivity index (χ4n) is 9.28. The van der Waals surface area contributed by atoms with Gasteiger partial charge in [0, 0.05) is 25.7 Å². The number of aliphatic hydroxyl groups is 1. The Bertz CT molecular complexity index is 1570.